The summed E-state index contributed by atoms with van der Waals surface area (Å²) in [5.41, 5.74) is -0.112. The third-order valence-corrected chi connectivity index (χ3v) is 5.54. The number of unbranched alkanes of at least 4 members (excludes halogenated alkanes) is 1. The minimum Gasteiger partial charge on any atom is -0.467 e. The fraction of sp³-hybridized carbons (Fsp3) is 0.550. The number of halogens is 1. The molecule has 0 heterocycles. The van der Waals surface area contributed by atoms with Gasteiger partial charge in [0.2, 0.25) is 5.91 Å². The standard InChI is InChI=1S/C20H26BrNO4/c1-3-4-5-18(24)22(14-15-6-8-16(21)9-7-15)20(19(25)26-2)12-10-17(23)11-13-20/h6-9H,3-5,10-14H2,1-2H3. The van der Waals surface area contributed by atoms with E-state index >= 15 is 0 Å². The molecule has 0 spiro atoms. The summed E-state index contributed by atoms with van der Waals surface area (Å²) < 4.78 is 6.02. The molecule has 0 saturated heterocycles. The number of hydrogen-bond donors (Lipinski definition) is 0. The molecule has 0 aromatic heterocycles. The Morgan fingerprint density at radius 1 is 1.19 bits per heavy atom. The lowest BCUT2D eigenvalue weighted by molar-refractivity contribution is -0.166. The summed E-state index contributed by atoms with van der Waals surface area (Å²) in [6, 6.07) is 7.70. The van der Waals surface area contributed by atoms with Gasteiger partial charge in [0.25, 0.3) is 0 Å². The number of benzene rings is 1. The molecule has 1 aromatic rings. The second-order valence-corrected chi connectivity index (χ2v) is 7.69. The molecule has 1 aliphatic carbocycles. The molecule has 0 bridgehead atoms. The first-order chi connectivity index (χ1) is 12.4. The molecule has 1 aromatic carbocycles. The van der Waals surface area contributed by atoms with E-state index in [-0.39, 0.29) is 11.7 Å². The average Bonchev–Trinajstić information content (AvgIpc) is 2.66. The Balaban J connectivity index is 2.37. The number of nitrogens with zero attached hydrogens (tertiary/aromatic N) is 1. The first kappa shape index (κ1) is 20.6. The summed E-state index contributed by atoms with van der Waals surface area (Å²) >= 11 is 3.41. The Kier molecular flexibility index (Phi) is 7.38. The van der Waals surface area contributed by atoms with Gasteiger partial charge in [0, 0.05) is 30.3 Å². The van der Waals surface area contributed by atoms with Crippen LogP contribution in [0.1, 0.15) is 57.4 Å². The maximum absolute atomic E-state index is 13.0. The molecule has 142 valence electrons. The number of hydrogen-bond acceptors (Lipinski definition) is 4. The van der Waals surface area contributed by atoms with Crippen LogP contribution in [0.2, 0.25) is 0 Å². The maximum Gasteiger partial charge on any atom is 0.331 e. The molecule has 0 N–H and O–H groups in total. The van der Waals surface area contributed by atoms with Crippen LogP contribution in [0, 0.1) is 0 Å². The summed E-state index contributed by atoms with van der Waals surface area (Å²) in [5, 5.41) is 0. The Labute approximate surface area is 163 Å². The SMILES string of the molecule is CCCCC(=O)N(Cc1ccc(Br)cc1)C1(C(=O)OC)CCC(=O)CC1. The normalized spacial score (nSPS) is 16.2. The third-order valence-electron chi connectivity index (χ3n) is 5.02. The van der Waals surface area contributed by atoms with Gasteiger partial charge in [-0.05, 0) is 37.0 Å². The van der Waals surface area contributed by atoms with Crippen LogP contribution in [0.15, 0.2) is 28.7 Å². The van der Waals surface area contributed by atoms with Crippen molar-refractivity contribution < 1.29 is 19.1 Å². The molecule has 0 unspecified atom stereocenters. The molecule has 6 heteroatoms. The Hall–Kier alpha value is -1.69. The van der Waals surface area contributed by atoms with Gasteiger partial charge in [0.1, 0.15) is 11.3 Å². The highest BCUT2D eigenvalue weighted by Gasteiger charge is 2.49. The van der Waals surface area contributed by atoms with E-state index in [1.54, 1.807) is 4.90 Å². The van der Waals surface area contributed by atoms with Crippen LogP contribution in [0.25, 0.3) is 0 Å². The lowest BCUT2D eigenvalue weighted by Crippen LogP contribution is -2.58. The number of esters is 1. The smallest absolute Gasteiger partial charge is 0.331 e. The van der Waals surface area contributed by atoms with Crippen LogP contribution < -0.4 is 0 Å². The van der Waals surface area contributed by atoms with Crippen LogP contribution in [0.3, 0.4) is 0 Å². The van der Waals surface area contributed by atoms with Crippen LogP contribution >= 0.6 is 15.9 Å². The van der Waals surface area contributed by atoms with Gasteiger partial charge in [0.15, 0.2) is 0 Å². The molecule has 1 saturated carbocycles. The second-order valence-electron chi connectivity index (χ2n) is 6.77. The van der Waals surface area contributed by atoms with E-state index in [0.29, 0.717) is 38.6 Å². The zero-order valence-electron chi connectivity index (χ0n) is 15.4. The van der Waals surface area contributed by atoms with Crippen molar-refractivity contribution in [3.8, 4) is 0 Å². The molecular weight excluding hydrogens is 398 g/mol. The van der Waals surface area contributed by atoms with E-state index in [1.807, 2.05) is 31.2 Å². The zero-order chi connectivity index (χ0) is 19.2. The largest absolute Gasteiger partial charge is 0.467 e. The van der Waals surface area contributed by atoms with Crippen LogP contribution in [0.4, 0.5) is 0 Å². The number of ketones is 1. The van der Waals surface area contributed by atoms with Gasteiger partial charge in [0.05, 0.1) is 7.11 Å². The highest BCUT2D eigenvalue weighted by molar-refractivity contribution is 9.10. The quantitative estimate of drug-likeness (QED) is 0.621. The number of carbonyl (C=O) groups is 3. The topological polar surface area (TPSA) is 63.7 Å². The number of Topliss-reactive ketones (excluding diaryl/α,β-unsaturated/α-hetero) is 1. The lowest BCUT2D eigenvalue weighted by Gasteiger charge is -2.43. The summed E-state index contributed by atoms with van der Waals surface area (Å²) in [4.78, 5) is 39.1. The summed E-state index contributed by atoms with van der Waals surface area (Å²) in [6.45, 7) is 2.36. The van der Waals surface area contributed by atoms with E-state index in [2.05, 4.69) is 15.9 Å². The molecular formula is C20H26BrNO4. The van der Waals surface area contributed by atoms with Crippen LogP contribution in [-0.4, -0.2) is 35.2 Å². The minimum atomic E-state index is -1.06. The van der Waals surface area contributed by atoms with Gasteiger partial charge in [-0.3, -0.25) is 9.59 Å². The van der Waals surface area contributed by atoms with Crippen molar-refractivity contribution in [2.75, 3.05) is 7.11 Å². The molecule has 1 amide bonds. The van der Waals surface area contributed by atoms with E-state index in [0.717, 1.165) is 22.9 Å². The van der Waals surface area contributed by atoms with Crippen molar-refractivity contribution >= 4 is 33.6 Å². The molecule has 0 aliphatic heterocycles. The van der Waals surface area contributed by atoms with Gasteiger partial charge in [-0.2, -0.15) is 0 Å². The molecule has 26 heavy (non-hydrogen) atoms. The van der Waals surface area contributed by atoms with Gasteiger partial charge in [-0.25, -0.2) is 4.79 Å². The second kappa shape index (κ2) is 9.31. The van der Waals surface area contributed by atoms with Crippen molar-refractivity contribution in [2.45, 2.75) is 64.0 Å². The highest BCUT2D eigenvalue weighted by atomic mass is 79.9. The number of methoxy groups -OCH3 is 1. The Morgan fingerprint density at radius 2 is 1.81 bits per heavy atom. The monoisotopic (exact) mass is 423 g/mol. The number of amides is 1. The molecule has 0 atom stereocenters. The van der Waals surface area contributed by atoms with Crippen LogP contribution in [0.5, 0.6) is 0 Å². The third kappa shape index (κ3) is 4.72. The Morgan fingerprint density at radius 3 is 2.35 bits per heavy atom. The maximum atomic E-state index is 13.0. The van der Waals surface area contributed by atoms with E-state index < -0.39 is 11.5 Å². The van der Waals surface area contributed by atoms with Gasteiger partial charge in [-0.1, -0.05) is 41.4 Å². The molecule has 2 rings (SSSR count). The van der Waals surface area contributed by atoms with Gasteiger partial charge >= 0.3 is 5.97 Å². The number of ether oxygens (including phenoxy) is 1. The molecule has 5 nitrogen and oxygen atoms in total. The number of carbonyl (C=O) groups excluding carboxylic acids is 3. The summed E-state index contributed by atoms with van der Waals surface area (Å²) in [7, 11) is 1.34. The average molecular weight is 424 g/mol. The Bertz CT molecular complexity index is 646. The van der Waals surface area contributed by atoms with Crippen molar-refractivity contribution in [2.24, 2.45) is 0 Å². The fourth-order valence-corrected chi connectivity index (χ4v) is 3.69. The van der Waals surface area contributed by atoms with Gasteiger partial charge in [-0.15, -0.1) is 0 Å². The van der Waals surface area contributed by atoms with Crippen molar-refractivity contribution in [1.82, 2.24) is 4.90 Å². The predicted molar refractivity (Wildman–Crippen MR) is 102 cm³/mol. The minimum absolute atomic E-state index is 0.0606. The van der Waals surface area contributed by atoms with E-state index in [9.17, 15) is 14.4 Å². The molecule has 1 fully saturated rings. The van der Waals surface area contributed by atoms with Crippen molar-refractivity contribution in [3.63, 3.8) is 0 Å². The summed E-state index contributed by atoms with van der Waals surface area (Å²) in [6.07, 6.45) is 3.31. The lowest BCUT2D eigenvalue weighted by atomic mass is 9.79. The molecule has 1 aliphatic rings. The van der Waals surface area contributed by atoms with E-state index in [1.165, 1.54) is 7.11 Å². The fourth-order valence-electron chi connectivity index (χ4n) is 3.43. The molecule has 0 radical (unpaired) electrons. The van der Waals surface area contributed by atoms with Crippen molar-refractivity contribution in [3.05, 3.63) is 34.3 Å². The zero-order valence-corrected chi connectivity index (χ0v) is 17.0. The predicted octanol–water partition coefficient (Wildman–Crippen LogP) is 4.02. The first-order valence-corrected chi connectivity index (χ1v) is 9.87. The first-order valence-electron chi connectivity index (χ1n) is 9.08. The van der Waals surface area contributed by atoms with Crippen molar-refractivity contribution in [1.29, 1.82) is 0 Å². The summed E-state index contributed by atoms with van der Waals surface area (Å²) in [5.74, 6) is -0.351. The highest BCUT2D eigenvalue weighted by Crippen LogP contribution is 2.35. The van der Waals surface area contributed by atoms with Gasteiger partial charge < -0.3 is 9.64 Å². The van der Waals surface area contributed by atoms with Crippen LogP contribution in [-0.2, 0) is 25.7 Å². The van der Waals surface area contributed by atoms with E-state index in [4.69, 9.17) is 4.74 Å². The number of rotatable bonds is 7.